The fourth-order valence-electron chi connectivity index (χ4n) is 1.73. The molecule has 2 N–H and O–H groups in total. The first kappa shape index (κ1) is 14.5. The lowest BCUT2D eigenvalue weighted by Crippen LogP contribution is -2.19. The van der Waals surface area contributed by atoms with Gasteiger partial charge < -0.3 is 10.5 Å². The van der Waals surface area contributed by atoms with Crippen LogP contribution in [0.15, 0.2) is 53.0 Å². The lowest BCUT2D eigenvalue weighted by atomic mass is 10.1. The Morgan fingerprint density at radius 1 is 1.20 bits per heavy atom. The molecule has 20 heavy (non-hydrogen) atoms. The Morgan fingerprint density at radius 2 is 1.90 bits per heavy atom. The Kier molecular flexibility index (Phi) is 4.70. The summed E-state index contributed by atoms with van der Waals surface area (Å²) in [6.07, 6.45) is 0. The van der Waals surface area contributed by atoms with Gasteiger partial charge in [-0.3, -0.25) is 10.1 Å². The van der Waals surface area contributed by atoms with E-state index < -0.39 is 4.92 Å². The fourth-order valence-corrected chi connectivity index (χ4v) is 2.25. The summed E-state index contributed by atoms with van der Waals surface area (Å²) in [6, 6.07) is 13.9. The summed E-state index contributed by atoms with van der Waals surface area (Å²) < 4.78 is 5.89. The summed E-state index contributed by atoms with van der Waals surface area (Å²) in [5, 5.41) is 10.8. The summed E-state index contributed by atoms with van der Waals surface area (Å²) in [5.74, 6) is 0.408. The van der Waals surface area contributed by atoms with E-state index in [1.807, 2.05) is 30.3 Å². The second kappa shape index (κ2) is 6.49. The molecule has 1 atom stereocenters. The predicted molar refractivity (Wildman–Crippen MR) is 79.7 cm³/mol. The maximum atomic E-state index is 10.8. The Hall–Kier alpha value is -1.92. The van der Waals surface area contributed by atoms with Crippen molar-refractivity contribution in [3.8, 4) is 5.75 Å². The van der Waals surface area contributed by atoms with Crippen LogP contribution in [0, 0.1) is 10.1 Å². The molecule has 0 radical (unpaired) electrons. The fraction of sp³-hybridized carbons (Fsp3) is 0.143. The number of nitrogens with two attached hydrogens (primary N) is 1. The van der Waals surface area contributed by atoms with Gasteiger partial charge in [-0.2, -0.15) is 0 Å². The second-order valence-electron chi connectivity index (χ2n) is 4.17. The molecule has 5 nitrogen and oxygen atoms in total. The second-order valence-corrected chi connectivity index (χ2v) is 4.97. The summed E-state index contributed by atoms with van der Waals surface area (Å²) in [4.78, 5) is 10.4. The summed E-state index contributed by atoms with van der Waals surface area (Å²) in [5.41, 5.74) is 6.94. The average Bonchev–Trinajstić information content (AvgIpc) is 2.46. The van der Waals surface area contributed by atoms with Crippen LogP contribution >= 0.6 is 15.9 Å². The number of nitro benzene ring substituents is 1. The molecule has 0 aromatic heterocycles. The first-order valence-corrected chi connectivity index (χ1v) is 6.75. The van der Waals surface area contributed by atoms with Gasteiger partial charge in [-0.1, -0.05) is 36.4 Å². The normalized spacial score (nSPS) is 11.9. The van der Waals surface area contributed by atoms with E-state index in [9.17, 15) is 10.1 Å². The number of nitro groups is 1. The standard InChI is InChI=1S/C14H13BrN2O3/c15-14-12(17(18)19)7-4-8-13(14)20-9-11(16)10-5-2-1-3-6-10/h1-8,11H,9,16H2. The molecule has 2 aromatic rings. The highest BCUT2D eigenvalue weighted by Gasteiger charge is 2.16. The predicted octanol–water partition coefficient (Wildman–Crippen LogP) is 3.44. The zero-order valence-corrected chi connectivity index (χ0v) is 12.1. The Morgan fingerprint density at radius 3 is 2.55 bits per heavy atom. The van der Waals surface area contributed by atoms with Crippen molar-refractivity contribution in [3.05, 3.63) is 68.7 Å². The molecular formula is C14H13BrN2O3. The number of halogens is 1. The van der Waals surface area contributed by atoms with Gasteiger partial charge in [-0.05, 0) is 27.6 Å². The smallest absolute Gasteiger partial charge is 0.287 e. The van der Waals surface area contributed by atoms with Crippen LogP contribution in [0.5, 0.6) is 5.75 Å². The van der Waals surface area contributed by atoms with Gasteiger partial charge in [0.1, 0.15) is 16.8 Å². The van der Waals surface area contributed by atoms with Crippen LogP contribution in [0.1, 0.15) is 11.6 Å². The average molecular weight is 337 g/mol. The first-order valence-electron chi connectivity index (χ1n) is 5.96. The van der Waals surface area contributed by atoms with E-state index in [2.05, 4.69) is 15.9 Å². The number of hydrogen-bond donors (Lipinski definition) is 1. The summed E-state index contributed by atoms with van der Waals surface area (Å²) >= 11 is 3.18. The Bertz CT molecular complexity index is 605. The van der Waals surface area contributed by atoms with Gasteiger partial charge in [0.2, 0.25) is 0 Å². The lowest BCUT2D eigenvalue weighted by molar-refractivity contribution is -0.385. The Labute approximate surface area is 124 Å². The van der Waals surface area contributed by atoms with Crippen molar-refractivity contribution < 1.29 is 9.66 Å². The molecule has 1 unspecified atom stereocenters. The van der Waals surface area contributed by atoms with Crippen molar-refractivity contribution in [1.82, 2.24) is 0 Å². The zero-order chi connectivity index (χ0) is 14.5. The number of nitrogens with zero attached hydrogens (tertiary/aromatic N) is 1. The van der Waals surface area contributed by atoms with E-state index in [-0.39, 0.29) is 18.3 Å². The molecule has 0 amide bonds. The molecule has 0 aliphatic rings. The topological polar surface area (TPSA) is 78.4 Å². The van der Waals surface area contributed by atoms with Crippen molar-refractivity contribution in [2.24, 2.45) is 5.73 Å². The van der Waals surface area contributed by atoms with Crippen LogP contribution in [-0.4, -0.2) is 11.5 Å². The van der Waals surface area contributed by atoms with Crippen molar-refractivity contribution in [2.75, 3.05) is 6.61 Å². The number of hydrogen-bond acceptors (Lipinski definition) is 4. The van der Waals surface area contributed by atoms with Gasteiger partial charge in [-0.25, -0.2) is 0 Å². The van der Waals surface area contributed by atoms with Crippen molar-refractivity contribution in [1.29, 1.82) is 0 Å². The summed E-state index contributed by atoms with van der Waals surface area (Å²) in [6.45, 7) is 0.240. The lowest BCUT2D eigenvalue weighted by Gasteiger charge is -2.14. The largest absolute Gasteiger partial charge is 0.490 e. The third-order valence-electron chi connectivity index (χ3n) is 2.79. The van der Waals surface area contributed by atoms with Gasteiger partial charge in [0.25, 0.3) is 5.69 Å². The quantitative estimate of drug-likeness (QED) is 0.670. The first-order chi connectivity index (χ1) is 9.59. The number of benzene rings is 2. The van der Waals surface area contributed by atoms with Gasteiger partial charge in [0.05, 0.1) is 11.0 Å². The monoisotopic (exact) mass is 336 g/mol. The molecule has 6 heteroatoms. The number of rotatable bonds is 5. The van der Waals surface area contributed by atoms with Gasteiger partial charge in [-0.15, -0.1) is 0 Å². The molecular weight excluding hydrogens is 324 g/mol. The molecule has 0 aliphatic heterocycles. The van der Waals surface area contributed by atoms with Crippen LogP contribution in [0.2, 0.25) is 0 Å². The molecule has 2 rings (SSSR count). The SMILES string of the molecule is NC(COc1cccc([N+](=O)[O-])c1Br)c1ccccc1. The third kappa shape index (κ3) is 3.34. The minimum absolute atomic E-state index is 0.0317. The van der Waals surface area contributed by atoms with Crippen molar-refractivity contribution >= 4 is 21.6 Å². The third-order valence-corrected chi connectivity index (χ3v) is 3.58. The van der Waals surface area contributed by atoms with E-state index in [1.54, 1.807) is 12.1 Å². The van der Waals surface area contributed by atoms with E-state index in [0.29, 0.717) is 10.2 Å². The summed E-state index contributed by atoms with van der Waals surface area (Å²) in [7, 11) is 0. The highest BCUT2D eigenvalue weighted by atomic mass is 79.9. The van der Waals surface area contributed by atoms with E-state index in [0.717, 1.165) is 5.56 Å². The maximum Gasteiger partial charge on any atom is 0.287 e. The molecule has 104 valence electrons. The van der Waals surface area contributed by atoms with Crippen LogP contribution in [0.25, 0.3) is 0 Å². The zero-order valence-electron chi connectivity index (χ0n) is 10.5. The van der Waals surface area contributed by atoms with E-state index in [4.69, 9.17) is 10.5 Å². The van der Waals surface area contributed by atoms with Crippen LogP contribution in [0.4, 0.5) is 5.69 Å². The van der Waals surface area contributed by atoms with Crippen molar-refractivity contribution in [3.63, 3.8) is 0 Å². The maximum absolute atomic E-state index is 10.8. The van der Waals surface area contributed by atoms with Gasteiger partial charge in [0, 0.05) is 6.07 Å². The molecule has 0 aliphatic carbocycles. The highest BCUT2D eigenvalue weighted by molar-refractivity contribution is 9.10. The number of ether oxygens (including phenoxy) is 1. The van der Waals surface area contributed by atoms with Crippen LogP contribution < -0.4 is 10.5 Å². The van der Waals surface area contributed by atoms with Gasteiger partial charge >= 0.3 is 0 Å². The minimum Gasteiger partial charge on any atom is -0.490 e. The van der Waals surface area contributed by atoms with E-state index >= 15 is 0 Å². The molecule has 0 heterocycles. The molecule has 0 spiro atoms. The minimum atomic E-state index is -0.464. The molecule has 0 bridgehead atoms. The van der Waals surface area contributed by atoms with E-state index in [1.165, 1.54) is 6.07 Å². The molecule has 2 aromatic carbocycles. The molecule has 0 saturated carbocycles. The Balaban J connectivity index is 2.08. The van der Waals surface area contributed by atoms with Gasteiger partial charge in [0.15, 0.2) is 0 Å². The van der Waals surface area contributed by atoms with Crippen LogP contribution in [-0.2, 0) is 0 Å². The molecule has 0 saturated heterocycles. The van der Waals surface area contributed by atoms with Crippen LogP contribution in [0.3, 0.4) is 0 Å². The van der Waals surface area contributed by atoms with Crippen molar-refractivity contribution in [2.45, 2.75) is 6.04 Å². The molecule has 0 fully saturated rings. The highest BCUT2D eigenvalue weighted by Crippen LogP contribution is 2.34.